The number of aryl methyl sites for hydroxylation is 2. The van der Waals surface area contributed by atoms with Crippen LogP contribution in [0, 0.1) is 24.0 Å². The standard InChI is InChI=1S/C12H10ClN3O3/c1-7-5-3-4-6-9(7)19-11-10(16(17)18)8(2)14-12(13)15-11/h3-6H,1-2H3. The van der Waals surface area contributed by atoms with Crippen molar-refractivity contribution in [3.63, 3.8) is 0 Å². The molecule has 2 aromatic rings. The molecule has 2 rings (SSSR count). The minimum atomic E-state index is -0.584. The predicted molar refractivity (Wildman–Crippen MR) is 69.7 cm³/mol. The van der Waals surface area contributed by atoms with Gasteiger partial charge < -0.3 is 4.74 Å². The maximum Gasteiger partial charge on any atom is 0.352 e. The first kappa shape index (κ1) is 13.2. The average molecular weight is 280 g/mol. The Morgan fingerprint density at radius 1 is 1.26 bits per heavy atom. The van der Waals surface area contributed by atoms with E-state index in [4.69, 9.17) is 16.3 Å². The highest BCUT2D eigenvalue weighted by molar-refractivity contribution is 6.28. The zero-order chi connectivity index (χ0) is 14.0. The van der Waals surface area contributed by atoms with E-state index in [1.54, 1.807) is 12.1 Å². The molecule has 0 bridgehead atoms. The highest BCUT2D eigenvalue weighted by atomic mass is 35.5. The number of rotatable bonds is 3. The van der Waals surface area contributed by atoms with Gasteiger partial charge in [-0.1, -0.05) is 18.2 Å². The van der Waals surface area contributed by atoms with Gasteiger partial charge in [0.1, 0.15) is 11.4 Å². The van der Waals surface area contributed by atoms with Crippen molar-refractivity contribution in [2.24, 2.45) is 0 Å². The molecule has 0 fully saturated rings. The Morgan fingerprint density at radius 2 is 1.95 bits per heavy atom. The fraction of sp³-hybridized carbons (Fsp3) is 0.167. The van der Waals surface area contributed by atoms with Gasteiger partial charge in [-0.25, -0.2) is 4.98 Å². The molecule has 1 aromatic carbocycles. The lowest BCUT2D eigenvalue weighted by Crippen LogP contribution is -2.02. The van der Waals surface area contributed by atoms with Crippen molar-refractivity contribution in [2.45, 2.75) is 13.8 Å². The molecule has 0 amide bonds. The van der Waals surface area contributed by atoms with Crippen LogP contribution in [0.3, 0.4) is 0 Å². The van der Waals surface area contributed by atoms with Crippen LogP contribution in [0.1, 0.15) is 11.3 Å². The van der Waals surface area contributed by atoms with Gasteiger partial charge in [0.05, 0.1) is 4.92 Å². The maximum atomic E-state index is 11.0. The fourth-order valence-electron chi connectivity index (χ4n) is 1.56. The van der Waals surface area contributed by atoms with Crippen molar-refractivity contribution in [3.05, 3.63) is 50.9 Å². The lowest BCUT2D eigenvalue weighted by Gasteiger charge is -2.08. The van der Waals surface area contributed by atoms with Crippen LogP contribution in [0.2, 0.25) is 5.28 Å². The van der Waals surface area contributed by atoms with Crippen molar-refractivity contribution >= 4 is 17.3 Å². The summed E-state index contributed by atoms with van der Waals surface area (Å²) in [5.74, 6) is 0.330. The topological polar surface area (TPSA) is 78.2 Å². The van der Waals surface area contributed by atoms with Gasteiger partial charge in [-0.05, 0) is 37.1 Å². The van der Waals surface area contributed by atoms with Gasteiger partial charge in [-0.15, -0.1) is 0 Å². The Kier molecular flexibility index (Phi) is 3.62. The van der Waals surface area contributed by atoms with E-state index in [9.17, 15) is 10.1 Å². The Balaban J connectivity index is 2.51. The van der Waals surface area contributed by atoms with E-state index in [0.717, 1.165) is 5.56 Å². The molecule has 0 atom stereocenters. The summed E-state index contributed by atoms with van der Waals surface area (Å²) in [5.41, 5.74) is 0.713. The third-order valence-electron chi connectivity index (χ3n) is 2.48. The monoisotopic (exact) mass is 279 g/mol. The highest BCUT2D eigenvalue weighted by Gasteiger charge is 2.24. The van der Waals surface area contributed by atoms with E-state index in [1.807, 2.05) is 19.1 Å². The molecular formula is C12H10ClN3O3. The van der Waals surface area contributed by atoms with E-state index < -0.39 is 4.92 Å². The minimum absolute atomic E-state index is 0.0910. The summed E-state index contributed by atoms with van der Waals surface area (Å²) < 4.78 is 5.49. The molecule has 1 heterocycles. The summed E-state index contributed by atoms with van der Waals surface area (Å²) in [7, 11) is 0. The molecule has 0 aliphatic carbocycles. The fourth-order valence-corrected chi connectivity index (χ4v) is 1.77. The van der Waals surface area contributed by atoms with Crippen molar-refractivity contribution in [3.8, 4) is 11.6 Å². The van der Waals surface area contributed by atoms with E-state index in [2.05, 4.69) is 9.97 Å². The Hall–Kier alpha value is -2.21. The van der Waals surface area contributed by atoms with E-state index in [0.29, 0.717) is 5.75 Å². The number of aromatic nitrogens is 2. The normalized spacial score (nSPS) is 10.3. The van der Waals surface area contributed by atoms with Gasteiger partial charge in [-0.3, -0.25) is 10.1 Å². The van der Waals surface area contributed by atoms with Gasteiger partial charge in [-0.2, -0.15) is 4.98 Å². The lowest BCUT2D eigenvalue weighted by molar-refractivity contribution is -0.386. The average Bonchev–Trinajstić information content (AvgIpc) is 2.30. The number of para-hydroxylation sites is 1. The van der Waals surface area contributed by atoms with Crippen molar-refractivity contribution in [2.75, 3.05) is 0 Å². The Labute approximate surface area is 114 Å². The van der Waals surface area contributed by atoms with Gasteiger partial charge >= 0.3 is 11.6 Å². The van der Waals surface area contributed by atoms with Crippen molar-refractivity contribution in [1.29, 1.82) is 0 Å². The number of ether oxygens (including phenoxy) is 1. The third-order valence-corrected chi connectivity index (χ3v) is 2.65. The van der Waals surface area contributed by atoms with E-state index >= 15 is 0 Å². The quantitative estimate of drug-likeness (QED) is 0.488. The van der Waals surface area contributed by atoms with E-state index in [-0.39, 0.29) is 22.5 Å². The van der Waals surface area contributed by atoms with Crippen LogP contribution in [-0.4, -0.2) is 14.9 Å². The summed E-state index contributed by atoms with van der Waals surface area (Å²) in [6, 6.07) is 7.14. The van der Waals surface area contributed by atoms with Gasteiger partial charge in [0.25, 0.3) is 0 Å². The first-order chi connectivity index (χ1) is 8.99. The second-order valence-corrected chi connectivity index (χ2v) is 4.19. The molecule has 98 valence electrons. The molecule has 7 heteroatoms. The molecule has 0 N–H and O–H groups in total. The first-order valence-electron chi connectivity index (χ1n) is 5.41. The summed E-state index contributed by atoms with van der Waals surface area (Å²) in [4.78, 5) is 18.0. The molecule has 0 spiro atoms. The molecule has 0 aliphatic rings. The number of hydrogen-bond acceptors (Lipinski definition) is 5. The highest BCUT2D eigenvalue weighted by Crippen LogP contribution is 2.33. The first-order valence-corrected chi connectivity index (χ1v) is 5.79. The third kappa shape index (κ3) is 2.79. The van der Waals surface area contributed by atoms with Crippen molar-refractivity contribution < 1.29 is 9.66 Å². The number of halogens is 1. The molecule has 0 radical (unpaired) electrons. The Bertz CT molecular complexity index is 646. The molecular weight excluding hydrogens is 270 g/mol. The van der Waals surface area contributed by atoms with Crippen LogP contribution in [0.25, 0.3) is 0 Å². The summed E-state index contributed by atoms with van der Waals surface area (Å²) in [6.45, 7) is 3.31. The largest absolute Gasteiger partial charge is 0.433 e. The van der Waals surface area contributed by atoms with Gasteiger partial charge in [0.2, 0.25) is 5.28 Å². The number of nitrogens with zero attached hydrogens (tertiary/aromatic N) is 3. The molecule has 1 aromatic heterocycles. The molecule has 19 heavy (non-hydrogen) atoms. The van der Waals surface area contributed by atoms with Gasteiger partial charge in [0.15, 0.2) is 0 Å². The van der Waals surface area contributed by atoms with Crippen LogP contribution >= 0.6 is 11.6 Å². The maximum absolute atomic E-state index is 11.0. The zero-order valence-electron chi connectivity index (χ0n) is 10.3. The SMILES string of the molecule is Cc1ccccc1Oc1nc(Cl)nc(C)c1[N+](=O)[O-]. The van der Waals surface area contributed by atoms with Crippen LogP contribution in [0.5, 0.6) is 11.6 Å². The summed E-state index contributed by atoms with van der Waals surface area (Å²) in [6.07, 6.45) is 0. The predicted octanol–water partition coefficient (Wildman–Crippen LogP) is 3.45. The molecule has 0 unspecified atom stereocenters. The van der Waals surface area contributed by atoms with Crippen LogP contribution < -0.4 is 4.74 Å². The van der Waals surface area contributed by atoms with Crippen LogP contribution in [0.4, 0.5) is 5.69 Å². The summed E-state index contributed by atoms with van der Waals surface area (Å²) >= 11 is 5.71. The molecule has 6 nitrogen and oxygen atoms in total. The zero-order valence-corrected chi connectivity index (χ0v) is 11.0. The lowest BCUT2D eigenvalue weighted by atomic mass is 10.2. The summed E-state index contributed by atoms with van der Waals surface area (Å²) in [5, 5.41) is 10.9. The van der Waals surface area contributed by atoms with Crippen LogP contribution in [-0.2, 0) is 0 Å². The second kappa shape index (κ2) is 5.19. The van der Waals surface area contributed by atoms with Crippen molar-refractivity contribution in [1.82, 2.24) is 9.97 Å². The number of benzene rings is 1. The molecule has 0 aliphatic heterocycles. The second-order valence-electron chi connectivity index (χ2n) is 3.86. The van der Waals surface area contributed by atoms with E-state index in [1.165, 1.54) is 6.92 Å². The number of nitro groups is 1. The molecule has 0 saturated carbocycles. The van der Waals surface area contributed by atoms with Crippen LogP contribution in [0.15, 0.2) is 24.3 Å². The smallest absolute Gasteiger partial charge is 0.352 e. The molecule has 0 saturated heterocycles. The van der Waals surface area contributed by atoms with Gasteiger partial charge in [0, 0.05) is 0 Å². The number of hydrogen-bond donors (Lipinski definition) is 0. The minimum Gasteiger partial charge on any atom is -0.433 e. The Morgan fingerprint density at radius 3 is 2.58 bits per heavy atom.